The van der Waals surface area contributed by atoms with Crippen molar-refractivity contribution in [1.29, 1.82) is 0 Å². The fourth-order valence-corrected chi connectivity index (χ4v) is 3.61. The van der Waals surface area contributed by atoms with Crippen molar-refractivity contribution in [3.63, 3.8) is 0 Å². The van der Waals surface area contributed by atoms with Crippen molar-refractivity contribution < 1.29 is 19.1 Å². The molecule has 1 amide bonds. The molecule has 2 aromatic rings. The average molecular weight is 395 g/mol. The van der Waals surface area contributed by atoms with Crippen LogP contribution in [0.15, 0.2) is 48.5 Å². The van der Waals surface area contributed by atoms with Crippen LogP contribution in [0.1, 0.15) is 29.5 Å². The Bertz CT molecular complexity index is 826. The topological polar surface area (TPSA) is 55.8 Å². The third-order valence-corrected chi connectivity index (χ3v) is 5.38. The van der Waals surface area contributed by atoms with Crippen LogP contribution in [0.5, 0.6) is 5.75 Å². The summed E-state index contributed by atoms with van der Waals surface area (Å²) < 4.78 is 10.6. The third-order valence-electron chi connectivity index (χ3n) is 5.38. The van der Waals surface area contributed by atoms with Gasteiger partial charge in [0.1, 0.15) is 5.75 Å². The number of amides is 1. The molecule has 5 nitrogen and oxygen atoms in total. The van der Waals surface area contributed by atoms with E-state index in [1.54, 1.807) is 4.90 Å². The van der Waals surface area contributed by atoms with Crippen LogP contribution >= 0.6 is 0 Å². The molecule has 3 rings (SSSR count). The summed E-state index contributed by atoms with van der Waals surface area (Å²) in [4.78, 5) is 26.1. The quantitative estimate of drug-likeness (QED) is 0.671. The number of hydrogen-bond donors (Lipinski definition) is 0. The lowest BCUT2D eigenvalue weighted by atomic mass is 9.90. The fourth-order valence-electron chi connectivity index (χ4n) is 3.61. The van der Waals surface area contributed by atoms with E-state index in [1.807, 2.05) is 38.1 Å². The Balaban J connectivity index is 1.36. The molecule has 2 aromatic carbocycles. The average Bonchev–Trinajstić information content (AvgIpc) is 2.74. The van der Waals surface area contributed by atoms with E-state index in [1.165, 1.54) is 5.56 Å². The number of rotatable bonds is 7. The lowest BCUT2D eigenvalue weighted by molar-refractivity contribution is -0.154. The van der Waals surface area contributed by atoms with Gasteiger partial charge in [-0.3, -0.25) is 4.79 Å². The Labute approximate surface area is 172 Å². The first-order valence-corrected chi connectivity index (χ1v) is 10.2. The van der Waals surface area contributed by atoms with Crippen LogP contribution in [-0.4, -0.2) is 43.1 Å². The summed E-state index contributed by atoms with van der Waals surface area (Å²) >= 11 is 0. The summed E-state index contributed by atoms with van der Waals surface area (Å²) in [6.45, 7) is 4.90. The molecule has 0 unspecified atom stereocenters. The highest BCUT2D eigenvalue weighted by Gasteiger charge is 2.23. The first-order chi connectivity index (χ1) is 14.0. The van der Waals surface area contributed by atoms with Gasteiger partial charge in [-0.1, -0.05) is 42.5 Å². The highest BCUT2D eigenvalue weighted by molar-refractivity contribution is 5.81. The number of likely N-dealkylation sites (tertiary alicyclic amines) is 1. The second-order valence-corrected chi connectivity index (χ2v) is 7.73. The summed E-state index contributed by atoms with van der Waals surface area (Å²) in [5.41, 5.74) is 3.36. The van der Waals surface area contributed by atoms with E-state index in [-0.39, 0.29) is 19.1 Å². The number of aryl methyl sites for hydroxylation is 2. The van der Waals surface area contributed by atoms with Crippen LogP contribution < -0.4 is 4.74 Å². The maximum absolute atomic E-state index is 12.3. The second-order valence-electron chi connectivity index (χ2n) is 7.73. The zero-order valence-corrected chi connectivity index (χ0v) is 17.2. The number of hydrogen-bond acceptors (Lipinski definition) is 4. The van der Waals surface area contributed by atoms with Gasteiger partial charge >= 0.3 is 5.97 Å². The molecule has 29 heavy (non-hydrogen) atoms. The smallest absolute Gasteiger partial charge is 0.344 e. The Kier molecular flexibility index (Phi) is 7.28. The van der Waals surface area contributed by atoms with E-state index < -0.39 is 5.97 Å². The van der Waals surface area contributed by atoms with Crippen molar-refractivity contribution in [3.8, 4) is 5.75 Å². The number of piperidine rings is 1. The minimum atomic E-state index is -0.529. The molecule has 0 spiro atoms. The highest BCUT2D eigenvalue weighted by Crippen LogP contribution is 2.22. The summed E-state index contributed by atoms with van der Waals surface area (Å²) in [5, 5.41) is 0. The monoisotopic (exact) mass is 395 g/mol. The summed E-state index contributed by atoms with van der Waals surface area (Å²) in [6, 6.07) is 16.3. The number of carbonyl (C=O) groups is 2. The van der Waals surface area contributed by atoms with Gasteiger partial charge in [0.05, 0.1) is 0 Å². The van der Waals surface area contributed by atoms with E-state index in [2.05, 4.69) is 24.3 Å². The zero-order chi connectivity index (χ0) is 20.6. The van der Waals surface area contributed by atoms with Gasteiger partial charge in [-0.15, -0.1) is 0 Å². The molecule has 0 aromatic heterocycles. The molecule has 1 saturated heterocycles. The van der Waals surface area contributed by atoms with Gasteiger partial charge in [0.15, 0.2) is 13.2 Å². The van der Waals surface area contributed by atoms with Crippen LogP contribution in [0.2, 0.25) is 0 Å². The van der Waals surface area contributed by atoms with Crippen LogP contribution in [-0.2, 0) is 20.7 Å². The molecule has 1 aliphatic rings. The molecular formula is C24H29NO4. The van der Waals surface area contributed by atoms with Gasteiger partial charge in [0.25, 0.3) is 5.91 Å². The Morgan fingerprint density at radius 3 is 2.45 bits per heavy atom. The molecule has 154 valence electrons. The molecule has 0 aliphatic carbocycles. The van der Waals surface area contributed by atoms with E-state index in [9.17, 15) is 9.59 Å². The van der Waals surface area contributed by atoms with Gasteiger partial charge in [0.2, 0.25) is 0 Å². The van der Waals surface area contributed by atoms with Crippen LogP contribution in [0.25, 0.3) is 0 Å². The fraction of sp³-hybridized carbons (Fsp3) is 0.417. The zero-order valence-electron chi connectivity index (χ0n) is 17.2. The van der Waals surface area contributed by atoms with Gasteiger partial charge < -0.3 is 14.4 Å². The predicted octanol–water partition coefficient (Wildman–Crippen LogP) is 3.71. The summed E-state index contributed by atoms with van der Waals surface area (Å²) in [7, 11) is 0. The molecule has 0 radical (unpaired) electrons. The normalized spacial score (nSPS) is 14.5. The van der Waals surface area contributed by atoms with Crippen molar-refractivity contribution in [2.75, 3.05) is 26.3 Å². The molecule has 0 bridgehead atoms. The minimum absolute atomic E-state index is 0.136. The Morgan fingerprint density at radius 2 is 1.72 bits per heavy atom. The molecule has 1 heterocycles. The first-order valence-electron chi connectivity index (χ1n) is 10.2. The van der Waals surface area contributed by atoms with Crippen LogP contribution in [0.4, 0.5) is 0 Å². The lowest BCUT2D eigenvalue weighted by Gasteiger charge is -2.32. The third kappa shape index (κ3) is 6.34. The summed E-state index contributed by atoms with van der Waals surface area (Å²) in [5.74, 6) is 0.588. The molecule has 1 aliphatic heterocycles. The largest absolute Gasteiger partial charge is 0.482 e. The van der Waals surface area contributed by atoms with Gasteiger partial charge in [-0.05, 0) is 61.8 Å². The molecular weight excluding hydrogens is 366 g/mol. The van der Waals surface area contributed by atoms with Crippen molar-refractivity contribution in [2.45, 2.75) is 33.1 Å². The van der Waals surface area contributed by atoms with Gasteiger partial charge in [0, 0.05) is 13.1 Å². The van der Waals surface area contributed by atoms with Crippen LogP contribution in [0, 0.1) is 19.8 Å². The number of nitrogens with zero attached hydrogens (tertiary/aromatic N) is 1. The minimum Gasteiger partial charge on any atom is -0.482 e. The van der Waals surface area contributed by atoms with E-state index in [0.717, 1.165) is 30.4 Å². The van der Waals surface area contributed by atoms with Crippen molar-refractivity contribution in [2.24, 2.45) is 5.92 Å². The van der Waals surface area contributed by atoms with Gasteiger partial charge in [-0.2, -0.15) is 0 Å². The standard InChI is InChI=1S/C24H29NO4/c1-18-8-9-19(2)22(14-18)28-17-24(27)29-16-23(26)25-12-10-21(11-13-25)15-20-6-4-3-5-7-20/h3-9,14,21H,10-13,15-17H2,1-2H3. The van der Waals surface area contributed by atoms with Crippen molar-refractivity contribution in [3.05, 3.63) is 65.2 Å². The number of esters is 1. The van der Waals surface area contributed by atoms with E-state index in [4.69, 9.17) is 9.47 Å². The molecule has 0 atom stereocenters. The molecule has 1 fully saturated rings. The number of benzene rings is 2. The Hall–Kier alpha value is -2.82. The highest BCUT2D eigenvalue weighted by atomic mass is 16.6. The number of carbonyl (C=O) groups excluding carboxylic acids is 2. The maximum atomic E-state index is 12.3. The predicted molar refractivity (Wildman–Crippen MR) is 112 cm³/mol. The van der Waals surface area contributed by atoms with Crippen molar-refractivity contribution in [1.82, 2.24) is 4.90 Å². The molecule has 0 N–H and O–H groups in total. The first kappa shape index (κ1) is 20.9. The van der Waals surface area contributed by atoms with Crippen molar-refractivity contribution >= 4 is 11.9 Å². The maximum Gasteiger partial charge on any atom is 0.344 e. The molecule has 5 heteroatoms. The SMILES string of the molecule is Cc1ccc(C)c(OCC(=O)OCC(=O)N2CCC(Cc3ccccc3)CC2)c1. The number of ether oxygens (including phenoxy) is 2. The van der Waals surface area contributed by atoms with E-state index >= 15 is 0 Å². The van der Waals surface area contributed by atoms with Gasteiger partial charge in [-0.25, -0.2) is 4.79 Å². The van der Waals surface area contributed by atoms with E-state index in [0.29, 0.717) is 24.8 Å². The Morgan fingerprint density at radius 1 is 1.00 bits per heavy atom. The summed E-state index contributed by atoms with van der Waals surface area (Å²) in [6.07, 6.45) is 3.00. The van der Waals surface area contributed by atoms with Crippen LogP contribution in [0.3, 0.4) is 0 Å². The lowest BCUT2D eigenvalue weighted by Crippen LogP contribution is -2.41. The second kappa shape index (κ2) is 10.1. The molecule has 0 saturated carbocycles.